The second-order valence-electron chi connectivity index (χ2n) is 5.58. The number of hydrogen-bond acceptors (Lipinski definition) is 4. The average molecular weight is 270 g/mol. The summed E-state index contributed by atoms with van der Waals surface area (Å²) in [5.41, 5.74) is 5.17. The molecule has 1 unspecified atom stereocenters. The maximum atomic E-state index is 11.6. The Morgan fingerprint density at radius 3 is 2.42 bits per heavy atom. The number of piperidine rings is 1. The zero-order valence-corrected chi connectivity index (χ0v) is 12.2. The zero-order chi connectivity index (χ0) is 14.4. The number of carbonyl (C=O) groups is 2. The number of nitrogens with zero attached hydrogens (tertiary/aromatic N) is 2. The van der Waals surface area contributed by atoms with E-state index in [1.165, 1.54) is 0 Å². The first-order chi connectivity index (χ1) is 8.88. The number of hydrogen-bond donors (Lipinski definition) is 2. The van der Waals surface area contributed by atoms with Crippen LogP contribution in [0.3, 0.4) is 0 Å². The Balaban J connectivity index is 2.25. The van der Waals surface area contributed by atoms with Crippen LogP contribution in [-0.2, 0) is 9.59 Å². The summed E-state index contributed by atoms with van der Waals surface area (Å²) in [7, 11) is 3.56. The normalized spacial score (nSPS) is 19.1. The number of nitrogens with one attached hydrogen (secondary N) is 1. The van der Waals surface area contributed by atoms with Crippen molar-refractivity contribution in [3.8, 4) is 0 Å². The molecule has 2 amide bonds. The van der Waals surface area contributed by atoms with Gasteiger partial charge in [0.25, 0.3) is 0 Å². The van der Waals surface area contributed by atoms with Gasteiger partial charge in [0.1, 0.15) is 0 Å². The molecule has 19 heavy (non-hydrogen) atoms. The number of likely N-dealkylation sites (N-methyl/N-ethyl adjacent to an activating group) is 1. The van der Waals surface area contributed by atoms with E-state index >= 15 is 0 Å². The molecule has 3 N–H and O–H groups in total. The van der Waals surface area contributed by atoms with Crippen molar-refractivity contribution >= 4 is 11.8 Å². The smallest absolute Gasteiger partial charge is 0.236 e. The molecule has 6 heteroatoms. The van der Waals surface area contributed by atoms with Gasteiger partial charge in [-0.15, -0.1) is 0 Å². The number of carbonyl (C=O) groups excluding carboxylic acids is 2. The maximum absolute atomic E-state index is 11.6. The highest BCUT2D eigenvalue weighted by Crippen LogP contribution is 2.11. The third kappa shape index (κ3) is 6.02. The fourth-order valence-corrected chi connectivity index (χ4v) is 2.35. The molecular weight excluding hydrogens is 244 g/mol. The van der Waals surface area contributed by atoms with Crippen molar-refractivity contribution in [2.24, 2.45) is 5.73 Å². The second kappa shape index (κ2) is 7.45. The summed E-state index contributed by atoms with van der Waals surface area (Å²) >= 11 is 0. The van der Waals surface area contributed by atoms with Crippen molar-refractivity contribution < 1.29 is 9.59 Å². The minimum atomic E-state index is -0.269. The van der Waals surface area contributed by atoms with Crippen LogP contribution in [0.4, 0.5) is 0 Å². The maximum Gasteiger partial charge on any atom is 0.236 e. The van der Waals surface area contributed by atoms with Gasteiger partial charge in [0.15, 0.2) is 0 Å². The van der Waals surface area contributed by atoms with Crippen LogP contribution in [0, 0.1) is 0 Å². The lowest BCUT2D eigenvalue weighted by molar-refractivity contribution is -0.130. The van der Waals surface area contributed by atoms with E-state index in [1.54, 1.807) is 19.0 Å². The van der Waals surface area contributed by atoms with Crippen LogP contribution in [0.2, 0.25) is 0 Å². The molecule has 1 saturated heterocycles. The Morgan fingerprint density at radius 1 is 1.37 bits per heavy atom. The van der Waals surface area contributed by atoms with Crippen molar-refractivity contribution in [2.75, 3.05) is 33.7 Å². The van der Waals surface area contributed by atoms with E-state index < -0.39 is 0 Å². The topological polar surface area (TPSA) is 78.7 Å². The summed E-state index contributed by atoms with van der Waals surface area (Å²) in [4.78, 5) is 26.2. The van der Waals surface area contributed by atoms with Crippen molar-refractivity contribution in [3.05, 3.63) is 0 Å². The molecule has 1 heterocycles. The molecule has 0 aliphatic carbocycles. The first-order valence-electron chi connectivity index (χ1n) is 6.85. The standard InChI is InChI=1S/C13H26N4O2/c1-10(8-12(14)18)15-11-4-6-17(7-5-11)9-13(19)16(2)3/h10-11,15H,4-9H2,1-3H3,(H2,14,18). The minimum absolute atomic E-state index is 0.123. The zero-order valence-electron chi connectivity index (χ0n) is 12.2. The van der Waals surface area contributed by atoms with Crippen LogP contribution in [0.25, 0.3) is 0 Å². The minimum Gasteiger partial charge on any atom is -0.370 e. The summed E-state index contributed by atoms with van der Waals surface area (Å²) in [5.74, 6) is -0.123. The van der Waals surface area contributed by atoms with Crippen LogP contribution >= 0.6 is 0 Å². The van der Waals surface area contributed by atoms with E-state index in [0.717, 1.165) is 25.9 Å². The fourth-order valence-electron chi connectivity index (χ4n) is 2.35. The molecular formula is C13H26N4O2. The Bertz CT molecular complexity index is 312. The highest BCUT2D eigenvalue weighted by molar-refractivity contribution is 5.77. The summed E-state index contributed by atoms with van der Waals surface area (Å²) in [5, 5.41) is 3.42. The number of nitrogens with two attached hydrogens (primary N) is 1. The average Bonchev–Trinajstić information content (AvgIpc) is 2.30. The van der Waals surface area contributed by atoms with Gasteiger partial charge < -0.3 is 16.0 Å². The highest BCUT2D eigenvalue weighted by atomic mass is 16.2. The quantitative estimate of drug-likeness (QED) is 0.675. The van der Waals surface area contributed by atoms with Crippen molar-refractivity contribution in [3.63, 3.8) is 0 Å². The van der Waals surface area contributed by atoms with Crippen LogP contribution < -0.4 is 11.1 Å². The molecule has 0 saturated carbocycles. The van der Waals surface area contributed by atoms with Crippen molar-refractivity contribution in [1.29, 1.82) is 0 Å². The van der Waals surface area contributed by atoms with Crippen LogP contribution in [0.1, 0.15) is 26.2 Å². The Labute approximate surface area is 115 Å². The second-order valence-corrected chi connectivity index (χ2v) is 5.58. The largest absolute Gasteiger partial charge is 0.370 e. The Morgan fingerprint density at radius 2 is 1.95 bits per heavy atom. The molecule has 6 nitrogen and oxygen atoms in total. The molecule has 1 atom stereocenters. The summed E-state index contributed by atoms with van der Waals surface area (Å²) in [6.07, 6.45) is 2.38. The van der Waals surface area contributed by atoms with E-state index in [0.29, 0.717) is 19.0 Å². The molecule has 0 radical (unpaired) electrons. The van der Waals surface area contributed by atoms with Gasteiger partial charge in [-0.3, -0.25) is 14.5 Å². The van der Waals surface area contributed by atoms with Crippen LogP contribution in [0.5, 0.6) is 0 Å². The lowest BCUT2D eigenvalue weighted by Crippen LogP contribution is -2.48. The van der Waals surface area contributed by atoms with Gasteiger partial charge in [-0.05, 0) is 19.8 Å². The molecule has 0 aromatic rings. The summed E-state index contributed by atoms with van der Waals surface area (Å²) in [6.45, 7) is 4.31. The van der Waals surface area contributed by atoms with E-state index in [1.807, 2.05) is 6.92 Å². The number of amides is 2. The van der Waals surface area contributed by atoms with E-state index in [4.69, 9.17) is 5.73 Å². The molecule has 0 bridgehead atoms. The predicted octanol–water partition coefficient (Wildman–Crippen LogP) is -0.607. The summed E-state index contributed by atoms with van der Waals surface area (Å²) in [6, 6.07) is 0.539. The van der Waals surface area contributed by atoms with E-state index in [2.05, 4.69) is 10.2 Å². The first kappa shape index (κ1) is 15.9. The van der Waals surface area contributed by atoms with E-state index in [9.17, 15) is 9.59 Å². The van der Waals surface area contributed by atoms with Crippen molar-refractivity contribution in [2.45, 2.75) is 38.3 Å². The number of primary amides is 1. The third-order valence-electron chi connectivity index (χ3n) is 3.47. The molecule has 110 valence electrons. The van der Waals surface area contributed by atoms with Gasteiger partial charge in [-0.1, -0.05) is 0 Å². The van der Waals surface area contributed by atoms with Gasteiger partial charge in [0, 0.05) is 45.7 Å². The molecule has 0 spiro atoms. The fraction of sp³-hybridized carbons (Fsp3) is 0.846. The summed E-state index contributed by atoms with van der Waals surface area (Å²) < 4.78 is 0. The number of rotatable bonds is 6. The number of likely N-dealkylation sites (tertiary alicyclic amines) is 1. The highest BCUT2D eigenvalue weighted by Gasteiger charge is 2.22. The van der Waals surface area contributed by atoms with E-state index in [-0.39, 0.29) is 17.9 Å². The monoisotopic (exact) mass is 270 g/mol. The Kier molecular flexibility index (Phi) is 6.24. The molecule has 1 aliphatic rings. The van der Waals surface area contributed by atoms with Gasteiger partial charge in [0.05, 0.1) is 6.54 Å². The SMILES string of the molecule is CC(CC(N)=O)NC1CCN(CC(=O)N(C)C)CC1. The van der Waals surface area contributed by atoms with Gasteiger partial charge in [-0.25, -0.2) is 0 Å². The molecule has 1 rings (SSSR count). The molecule has 1 fully saturated rings. The van der Waals surface area contributed by atoms with Gasteiger partial charge >= 0.3 is 0 Å². The van der Waals surface area contributed by atoms with Crippen LogP contribution in [0.15, 0.2) is 0 Å². The molecule has 0 aromatic heterocycles. The predicted molar refractivity (Wildman–Crippen MR) is 74.6 cm³/mol. The molecule has 0 aromatic carbocycles. The van der Waals surface area contributed by atoms with Crippen LogP contribution in [-0.4, -0.2) is 67.4 Å². The third-order valence-corrected chi connectivity index (χ3v) is 3.47. The molecule has 1 aliphatic heterocycles. The van der Waals surface area contributed by atoms with Gasteiger partial charge in [0.2, 0.25) is 11.8 Å². The first-order valence-corrected chi connectivity index (χ1v) is 6.85. The lowest BCUT2D eigenvalue weighted by Gasteiger charge is -2.33. The van der Waals surface area contributed by atoms with Gasteiger partial charge in [-0.2, -0.15) is 0 Å². The lowest BCUT2D eigenvalue weighted by atomic mass is 10.0. The van der Waals surface area contributed by atoms with Crippen molar-refractivity contribution in [1.82, 2.24) is 15.1 Å². The Hall–Kier alpha value is -1.14.